The van der Waals surface area contributed by atoms with Crippen molar-refractivity contribution >= 4 is 11.8 Å². The zero-order chi connectivity index (χ0) is 31.3. The second kappa shape index (κ2) is 28.3. The summed E-state index contributed by atoms with van der Waals surface area (Å²) < 4.78 is 31.3. The third kappa shape index (κ3) is 21.8. The van der Waals surface area contributed by atoms with Crippen molar-refractivity contribution in [3.05, 3.63) is 20.9 Å². The summed E-state index contributed by atoms with van der Waals surface area (Å²) in [7, 11) is 0. The maximum atomic E-state index is 12.0. The van der Waals surface area contributed by atoms with E-state index in [9.17, 15) is 30.0 Å². The SMILES string of the molecule is [N-]=[N+]=NCCOCCOCCOCCNC(=O)[C@@H](O)[C@H](O)[C@H](O)[C@@H](O)C(=O)NCCOCCOCCOCCN=[N+]=[N-]. The van der Waals surface area contributed by atoms with Crippen LogP contribution in [-0.4, -0.2) is 162 Å². The first-order chi connectivity index (χ1) is 20.4. The Morgan fingerprint density at radius 3 is 1.14 bits per heavy atom. The Bertz CT molecular complexity index is 737. The molecule has 0 aliphatic rings. The molecule has 0 rings (SSSR count). The summed E-state index contributed by atoms with van der Waals surface area (Å²) in [4.78, 5) is 29.2. The molecular formula is C22H42N8O12. The molecule has 42 heavy (non-hydrogen) atoms. The molecule has 0 heterocycles. The molecule has 0 bridgehead atoms. The molecule has 2 amide bonds. The number of rotatable bonds is 29. The predicted molar refractivity (Wildman–Crippen MR) is 143 cm³/mol. The van der Waals surface area contributed by atoms with Crippen molar-refractivity contribution in [1.82, 2.24) is 10.6 Å². The van der Waals surface area contributed by atoms with Crippen LogP contribution in [0.3, 0.4) is 0 Å². The van der Waals surface area contributed by atoms with Crippen LogP contribution in [0.2, 0.25) is 0 Å². The number of carbonyl (C=O) groups excluding carboxylic acids is 2. The van der Waals surface area contributed by atoms with E-state index in [4.69, 9.17) is 39.5 Å². The predicted octanol–water partition coefficient (Wildman–Crippen LogP) is -2.62. The molecular weight excluding hydrogens is 568 g/mol. The molecule has 0 aromatic carbocycles. The number of aliphatic hydroxyl groups is 4. The molecule has 0 saturated heterocycles. The van der Waals surface area contributed by atoms with Gasteiger partial charge in [0.1, 0.15) is 12.2 Å². The Kier molecular flexibility index (Phi) is 26.4. The van der Waals surface area contributed by atoms with Gasteiger partial charge in [0.25, 0.3) is 11.8 Å². The van der Waals surface area contributed by atoms with Crippen molar-refractivity contribution in [2.45, 2.75) is 24.4 Å². The first-order valence-corrected chi connectivity index (χ1v) is 13.1. The first kappa shape index (κ1) is 39.2. The molecule has 6 N–H and O–H groups in total. The zero-order valence-corrected chi connectivity index (χ0v) is 23.4. The van der Waals surface area contributed by atoms with Crippen molar-refractivity contribution < 1.29 is 58.4 Å². The van der Waals surface area contributed by atoms with Crippen molar-refractivity contribution in [3.63, 3.8) is 0 Å². The maximum absolute atomic E-state index is 12.0. The largest absolute Gasteiger partial charge is 0.387 e. The molecule has 20 heteroatoms. The highest BCUT2D eigenvalue weighted by Crippen LogP contribution is 2.06. The van der Waals surface area contributed by atoms with Crippen LogP contribution in [0.1, 0.15) is 0 Å². The van der Waals surface area contributed by atoms with Gasteiger partial charge < -0.3 is 59.5 Å². The highest BCUT2D eigenvalue weighted by molar-refractivity contribution is 5.83. The van der Waals surface area contributed by atoms with Crippen LogP contribution < -0.4 is 10.6 Å². The van der Waals surface area contributed by atoms with Gasteiger partial charge in [-0.1, -0.05) is 10.2 Å². The van der Waals surface area contributed by atoms with Crippen LogP contribution in [0.25, 0.3) is 20.9 Å². The average molecular weight is 611 g/mol. The minimum atomic E-state index is -2.15. The van der Waals surface area contributed by atoms with E-state index in [1.165, 1.54) is 0 Å². The van der Waals surface area contributed by atoms with Crippen molar-refractivity contribution in [2.75, 3.05) is 105 Å². The summed E-state index contributed by atoms with van der Waals surface area (Å²) in [5.41, 5.74) is 16.2. The quantitative estimate of drug-likeness (QED) is 0.0220. The van der Waals surface area contributed by atoms with Gasteiger partial charge >= 0.3 is 0 Å². The molecule has 0 saturated carbocycles. The highest BCUT2D eigenvalue weighted by atomic mass is 16.5. The minimum Gasteiger partial charge on any atom is -0.387 e. The van der Waals surface area contributed by atoms with E-state index in [-0.39, 0.29) is 65.8 Å². The van der Waals surface area contributed by atoms with Gasteiger partial charge in [0.05, 0.1) is 79.3 Å². The fraction of sp³-hybridized carbons (Fsp3) is 0.909. The van der Waals surface area contributed by atoms with Gasteiger partial charge in [0.15, 0.2) is 12.2 Å². The lowest BCUT2D eigenvalue weighted by atomic mass is 10.0. The molecule has 0 aromatic rings. The van der Waals surface area contributed by atoms with Gasteiger partial charge in [-0.3, -0.25) is 9.59 Å². The number of carbonyl (C=O) groups is 2. The van der Waals surface area contributed by atoms with Crippen molar-refractivity contribution in [1.29, 1.82) is 0 Å². The van der Waals surface area contributed by atoms with E-state index >= 15 is 0 Å². The van der Waals surface area contributed by atoms with E-state index in [2.05, 4.69) is 30.7 Å². The fourth-order valence-electron chi connectivity index (χ4n) is 2.77. The van der Waals surface area contributed by atoms with Crippen LogP contribution in [0.4, 0.5) is 0 Å². The molecule has 0 unspecified atom stereocenters. The smallest absolute Gasteiger partial charge is 0.251 e. The fourth-order valence-corrected chi connectivity index (χ4v) is 2.77. The Labute approximate surface area is 242 Å². The maximum Gasteiger partial charge on any atom is 0.251 e. The Balaban J connectivity index is 3.86. The first-order valence-electron chi connectivity index (χ1n) is 13.1. The number of amides is 2. The van der Waals surface area contributed by atoms with Gasteiger partial charge in [-0.2, -0.15) is 0 Å². The number of hydrogen-bond acceptors (Lipinski definition) is 14. The summed E-state index contributed by atoms with van der Waals surface area (Å²) in [6.45, 7) is 3.40. The second-order valence-electron chi connectivity index (χ2n) is 8.04. The van der Waals surface area contributed by atoms with Gasteiger partial charge in [-0.15, -0.1) is 0 Å². The molecule has 4 atom stereocenters. The highest BCUT2D eigenvalue weighted by Gasteiger charge is 2.37. The number of nitrogens with one attached hydrogen (secondary N) is 2. The Hall–Kier alpha value is -2.84. The third-order valence-electron chi connectivity index (χ3n) is 4.91. The van der Waals surface area contributed by atoms with E-state index < -0.39 is 36.2 Å². The minimum absolute atomic E-state index is 0.0258. The summed E-state index contributed by atoms with van der Waals surface area (Å²) in [6, 6.07) is 0. The molecule has 242 valence electrons. The van der Waals surface area contributed by atoms with Crippen LogP contribution in [0, 0.1) is 0 Å². The summed E-state index contributed by atoms with van der Waals surface area (Å²) >= 11 is 0. The molecule has 0 aliphatic carbocycles. The topological polar surface area (TPSA) is 292 Å². The normalized spacial score (nSPS) is 13.7. The van der Waals surface area contributed by atoms with Crippen LogP contribution in [-0.2, 0) is 38.0 Å². The van der Waals surface area contributed by atoms with Gasteiger partial charge in [0, 0.05) is 36.0 Å². The standard InChI is InChI=1S/C22H42N8O12/c23-29-27-3-7-39-11-15-41-13-9-37-5-1-25-21(35)19(33)17(31)18(32)20(34)22(36)26-2-6-38-10-14-42-16-12-40-8-4-28-30-24/h17-20,31-34H,1-16H2,(H,25,35)(H,26,36)/t17-,18+,19+,20-. The molecule has 20 nitrogen and oxygen atoms in total. The molecule has 0 aromatic heterocycles. The number of ether oxygens (including phenoxy) is 6. The molecule has 0 radical (unpaired) electrons. The van der Waals surface area contributed by atoms with Crippen molar-refractivity contribution in [2.24, 2.45) is 10.2 Å². The molecule has 0 aliphatic heterocycles. The zero-order valence-electron chi connectivity index (χ0n) is 23.4. The Morgan fingerprint density at radius 1 is 0.548 bits per heavy atom. The van der Waals surface area contributed by atoms with Crippen LogP contribution in [0.5, 0.6) is 0 Å². The van der Waals surface area contributed by atoms with Crippen molar-refractivity contribution in [3.8, 4) is 0 Å². The summed E-state index contributed by atoms with van der Waals surface area (Å²) in [6.07, 6.45) is -8.54. The lowest BCUT2D eigenvalue weighted by molar-refractivity contribution is -0.155. The molecule has 0 fully saturated rings. The van der Waals surface area contributed by atoms with E-state index in [1.54, 1.807) is 0 Å². The molecule has 0 spiro atoms. The van der Waals surface area contributed by atoms with E-state index in [1.807, 2.05) is 0 Å². The number of aliphatic hydroxyl groups excluding tert-OH is 4. The summed E-state index contributed by atoms with van der Waals surface area (Å²) in [5.74, 6) is -2.08. The van der Waals surface area contributed by atoms with Gasteiger partial charge in [0.2, 0.25) is 0 Å². The lowest BCUT2D eigenvalue weighted by Gasteiger charge is -2.25. The monoisotopic (exact) mass is 610 g/mol. The van der Waals surface area contributed by atoms with Gasteiger partial charge in [-0.25, -0.2) is 0 Å². The number of hydrogen-bond donors (Lipinski definition) is 6. The van der Waals surface area contributed by atoms with Crippen LogP contribution >= 0.6 is 0 Å². The van der Waals surface area contributed by atoms with Crippen LogP contribution in [0.15, 0.2) is 10.2 Å². The number of nitrogens with zero attached hydrogens (tertiary/aromatic N) is 6. The Morgan fingerprint density at radius 2 is 0.833 bits per heavy atom. The second-order valence-corrected chi connectivity index (χ2v) is 8.04. The van der Waals surface area contributed by atoms with E-state index in [0.29, 0.717) is 39.6 Å². The number of azide groups is 2. The lowest BCUT2D eigenvalue weighted by Crippen LogP contribution is -2.54. The van der Waals surface area contributed by atoms with Gasteiger partial charge in [-0.05, 0) is 11.1 Å². The summed E-state index contributed by atoms with van der Waals surface area (Å²) in [5, 5.41) is 51.2. The average Bonchev–Trinajstić information content (AvgIpc) is 2.99. The third-order valence-corrected chi connectivity index (χ3v) is 4.91. The van der Waals surface area contributed by atoms with E-state index in [0.717, 1.165) is 0 Å².